The molecule has 2 amide bonds. The van der Waals surface area contributed by atoms with Gasteiger partial charge in [-0.25, -0.2) is 4.79 Å². The Hall–Kier alpha value is -2.58. The van der Waals surface area contributed by atoms with E-state index in [1.165, 1.54) is 0 Å². The molecule has 0 unspecified atom stereocenters. The second-order valence-corrected chi connectivity index (χ2v) is 11.6. The Bertz CT molecular complexity index is 1100. The molecular formula is C27H37BN2O5. The number of hydrogen-bond donors (Lipinski definition) is 1. The van der Waals surface area contributed by atoms with Crippen LogP contribution in [0.5, 0.6) is 0 Å². The van der Waals surface area contributed by atoms with Crippen molar-refractivity contribution in [1.29, 1.82) is 0 Å². The van der Waals surface area contributed by atoms with E-state index in [0.29, 0.717) is 31.5 Å². The normalized spacial score (nSPS) is 20.2. The van der Waals surface area contributed by atoms with Crippen molar-refractivity contribution in [2.24, 2.45) is 0 Å². The maximum absolute atomic E-state index is 13.2. The van der Waals surface area contributed by atoms with Crippen LogP contribution in [0.1, 0.15) is 71.7 Å². The van der Waals surface area contributed by atoms with Gasteiger partial charge in [0.25, 0.3) is 5.91 Å². The van der Waals surface area contributed by atoms with Crippen LogP contribution in [0.2, 0.25) is 0 Å². The van der Waals surface area contributed by atoms with Crippen LogP contribution >= 0.6 is 0 Å². The van der Waals surface area contributed by atoms with E-state index >= 15 is 0 Å². The number of carbonyl (C=O) groups excluding carboxylic acids is 2. The Morgan fingerprint density at radius 2 is 1.66 bits per heavy atom. The van der Waals surface area contributed by atoms with Crippen LogP contribution in [-0.2, 0) is 14.0 Å². The van der Waals surface area contributed by atoms with Gasteiger partial charge < -0.3 is 24.3 Å². The number of benzene rings is 2. The van der Waals surface area contributed by atoms with Crippen LogP contribution in [0.15, 0.2) is 36.4 Å². The summed E-state index contributed by atoms with van der Waals surface area (Å²) in [5.74, 6) is 0.00338. The summed E-state index contributed by atoms with van der Waals surface area (Å²) in [5, 5.41) is 4.91. The molecule has 8 heteroatoms. The fraction of sp³-hybridized carbons (Fsp3) is 0.556. The van der Waals surface area contributed by atoms with Crippen molar-refractivity contribution >= 4 is 35.4 Å². The monoisotopic (exact) mass is 480 g/mol. The third-order valence-corrected chi connectivity index (χ3v) is 7.17. The second kappa shape index (κ2) is 9.14. The first-order valence-corrected chi connectivity index (χ1v) is 12.4. The number of hydrogen-bond acceptors (Lipinski definition) is 5. The number of alkyl carbamates (subject to hydrolysis) is 1. The Morgan fingerprint density at radius 1 is 1.03 bits per heavy atom. The summed E-state index contributed by atoms with van der Waals surface area (Å²) >= 11 is 0. The summed E-state index contributed by atoms with van der Waals surface area (Å²) in [6.07, 6.45) is 0.990. The Kier molecular flexibility index (Phi) is 6.66. The topological polar surface area (TPSA) is 77.1 Å². The average molecular weight is 480 g/mol. The van der Waals surface area contributed by atoms with Crippen LogP contribution in [0, 0.1) is 0 Å². The lowest BCUT2D eigenvalue weighted by molar-refractivity contribution is 0.00578. The minimum Gasteiger partial charge on any atom is -0.444 e. The predicted molar refractivity (Wildman–Crippen MR) is 138 cm³/mol. The summed E-state index contributed by atoms with van der Waals surface area (Å²) in [6, 6.07) is 11.8. The van der Waals surface area contributed by atoms with Gasteiger partial charge in [0.05, 0.1) is 11.2 Å². The fourth-order valence-corrected chi connectivity index (χ4v) is 4.50. The zero-order valence-corrected chi connectivity index (χ0v) is 21.9. The molecule has 0 aliphatic carbocycles. The van der Waals surface area contributed by atoms with Crippen molar-refractivity contribution in [3.63, 3.8) is 0 Å². The lowest BCUT2D eigenvalue weighted by atomic mass is 9.76. The van der Waals surface area contributed by atoms with Crippen molar-refractivity contribution in [2.75, 3.05) is 13.1 Å². The van der Waals surface area contributed by atoms with Gasteiger partial charge in [-0.05, 0) is 89.7 Å². The highest BCUT2D eigenvalue weighted by atomic mass is 16.7. The molecule has 2 heterocycles. The third-order valence-electron chi connectivity index (χ3n) is 7.17. The maximum Gasteiger partial charge on any atom is 0.495 e. The van der Waals surface area contributed by atoms with E-state index in [9.17, 15) is 9.59 Å². The molecule has 0 atom stereocenters. The quantitative estimate of drug-likeness (QED) is 0.665. The summed E-state index contributed by atoms with van der Waals surface area (Å²) in [7, 11) is -0.457. The summed E-state index contributed by atoms with van der Waals surface area (Å²) in [4.78, 5) is 27.1. The molecule has 2 aromatic carbocycles. The van der Waals surface area contributed by atoms with Crippen LogP contribution in [0.4, 0.5) is 4.79 Å². The molecule has 2 fully saturated rings. The van der Waals surface area contributed by atoms with Crippen LogP contribution < -0.4 is 10.8 Å². The molecule has 7 nitrogen and oxygen atoms in total. The first-order chi connectivity index (χ1) is 16.3. The van der Waals surface area contributed by atoms with E-state index in [2.05, 4.69) is 5.32 Å². The lowest BCUT2D eigenvalue weighted by Gasteiger charge is -2.33. The molecule has 188 valence electrons. The Morgan fingerprint density at radius 3 is 2.26 bits per heavy atom. The number of nitrogens with zero attached hydrogens (tertiary/aromatic N) is 1. The molecule has 4 rings (SSSR count). The van der Waals surface area contributed by atoms with E-state index in [0.717, 1.165) is 16.2 Å². The lowest BCUT2D eigenvalue weighted by Crippen LogP contribution is -2.47. The molecule has 0 saturated carbocycles. The Balaban J connectivity index is 1.43. The molecule has 0 spiro atoms. The van der Waals surface area contributed by atoms with Crippen molar-refractivity contribution in [2.45, 2.75) is 84.2 Å². The maximum atomic E-state index is 13.2. The minimum atomic E-state index is -0.529. The average Bonchev–Trinajstić information content (AvgIpc) is 2.98. The van der Waals surface area contributed by atoms with Gasteiger partial charge in [0, 0.05) is 24.7 Å². The zero-order chi connectivity index (χ0) is 25.6. The molecule has 2 saturated heterocycles. The molecule has 35 heavy (non-hydrogen) atoms. The third kappa shape index (κ3) is 5.49. The molecule has 2 aliphatic heterocycles. The molecule has 1 N–H and O–H groups in total. The SMILES string of the molecule is CC(C)(C)OC(=O)NC1CCN(C(=O)c2ccc3c(B4OC(C)(C)C(C)(C)O4)cccc3c2)CC1. The minimum absolute atomic E-state index is 0.00338. The highest BCUT2D eigenvalue weighted by Crippen LogP contribution is 2.37. The summed E-state index contributed by atoms with van der Waals surface area (Å²) in [5.41, 5.74) is 0.260. The van der Waals surface area contributed by atoms with Gasteiger partial charge in [0.15, 0.2) is 0 Å². The van der Waals surface area contributed by atoms with Crippen molar-refractivity contribution in [1.82, 2.24) is 10.2 Å². The fourth-order valence-electron chi connectivity index (χ4n) is 4.50. The van der Waals surface area contributed by atoms with E-state index in [-0.39, 0.29) is 11.9 Å². The van der Waals surface area contributed by atoms with Gasteiger partial charge in [-0.3, -0.25) is 4.79 Å². The van der Waals surface area contributed by atoms with Crippen molar-refractivity contribution in [3.8, 4) is 0 Å². The zero-order valence-electron chi connectivity index (χ0n) is 21.9. The number of piperidine rings is 1. The summed E-state index contributed by atoms with van der Waals surface area (Å²) in [6.45, 7) is 14.9. The predicted octanol–water partition coefficient (Wildman–Crippen LogP) is 4.27. The van der Waals surface area contributed by atoms with Crippen molar-refractivity contribution in [3.05, 3.63) is 42.0 Å². The number of fused-ring (bicyclic) bond motifs is 1. The highest BCUT2D eigenvalue weighted by Gasteiger charge is 2.52. The van der Waals surface area contributed by atoms with Gasteiger partial charge in [0.1, 0.15) is 5.60 Å². The van der Waals surface area contributed by atoms with Crippen LogP contribution in [0.3, 0.4) is 0 Å². The van der Waals surface area contributed by atoms with Crippen molar-refractivity contribution < 1.29 is 23.6 Å². The molecule has 2 aromatic rings. The Labute approximate surface area is 208 Å². The number of likely N-dealkylation sites (tertiary alicyclic amines) is 1. The largest absolute Gasteiger partial charge is 0.495 e. The van der Waals surface area contributed by atoms with Crippen LogP contribution in [-0.4, -0.2) is 60.0 Å². The first-order valence-electron chi connectivity index (χ1n) is 12.4. The number of nitrogens with one attached hydrogen (secondary N) is 1. The number of amides is 2. The first kappa shape index (κ1) is 25.5. The van der Waals surface area contributed by atoms with Gasteiger partial charge in [-0.2, -0.15) is 0 Å². The van der Waals surface area contributed by atoms with Gasteiger partial charge in [-0.1, -0.05) is 24.3 Å². The van der Waals surface area contributed by atoms with E-state index in [1.807, 2.05) is 89.8 Å². The van der Waals surface area contributed by atoms with E-state index in [1.54, 1.807) is 0 Å². The molecular weight excluding hydrogens is 443 g/mol. The number of carbonyl (C=O) groups is 2. The highest BCUT2D eigenvalue weighted by molar-refractivity contribution is 6.65. The molecule has 2 aliphatic rings. The van der Waals surface area contributed by atoms with Gasteiger partial charge in [-0.15, -0.1) is 0 Å². The smallest absolute Gasteiger partial charge is 0.444 e. The summed E-state index contributed by atoms with van der Waals surface area (Å²) < 4.78 is 17.9. The van der Waals surface area contributed by atoms with E-state index < -0.39 is 30.0 Å². The van der Waals surface area contributed by atoms with Gasteiger partial charge in [0.2, 0.25) is 0 Å². The molecule has 0 aromatic heterocycles. The standard InChI is InChI=1S/C27H37BN2O5/c1-25(2,3)33-24(32)29-20-13-15-30(16-14-20)23(31)19-11-12-21-18(17-19)9-8-10-22(21)28-34-26(4,5)27(6,7)35-28/h8-12,17,20H,13-16H2,1-7H3,(H,29,32). The van der Waals surface area contributed by atoms with Gasteiger partial charge >= 0.3 is 13.2 Å². The molecule has 0 bridgehead atoms. The number of rotatable bonds is 3. The van der Waals surface area contributed by atoms with E-state index in [4.69, 9.17) is 14.0 Å². The van der Waals surface area contributed by atoms with Crippen LogP contribution in [0.25, 0.3) is 10.8 Å². The molecule has 0 radical (unpaired) electrons. The second-order valence-electron chi connectivity index (χ2n) is 11.6. The number of ether oxygens (including phenoxy) is 1.